The van der Waals surface area contributed by atoms with Crippen LogP contribution in [0.2, 0.25) is 10.0 Å². The molecule has 3 amide bonds. The van der Waals surface area contributed by atoms with Crippen LogP contribution in [0.3, 0.4) is 0 Å². The Bertz CT molecular complexity index is 1900. The number of benzene rings is 2. The largest absolute Gasteiger partial charge is 0.480 e. The Morgan fingerprint density at radius 3 is 2.63 bits per heavy atom. The van der Waals surface area contributed by atoms with Gasteiger partial charge < -0.3 is 30.0 Å². The number of carbonyl (C=O) groups excluding carboxylic acids is 3. The summed E-state index contributed by atoms with van der Waals surface area (Å²) in [5.41, 5.74) is 1.92. The van der Waals surface area contributed by atoms with E-state index in [1.165, 1.54) is 6.07 Å². The number of hydrogen-bond donors (Lipinski definition) is 4. The molecular formula is C27H23Cl2N5O8S. The number of amides is 3. The van der Waals surface area contributed by atoms with E-state index in [0.717, 1.165) is 17.8 Å². The molecule has 1 aliphatic heterocycles. The molecule has 13 nitrogen and oxygen atoms in total. The van der Waals surface area contributed by atoms with Crippen LogP contribution >= 0.6 is 23.2 Å². The number of H-pyrrole nitrogens is 1. The highest BCUT2D eigenvalue weighted by molar-refractivity contribution is 7.90. The minimum Gasteiger partial charge on any atom is -0.480 e. The Morgan fingerprint density at radius 1 is 1.16 bits per heavy atom. The van der Waals surface area contributed by atoms with Gasteiger partial charge in [-0.1, -0.05) is 29.3 Å². The first kappa shape index (κ1) is 30.1. The number of aromatic amines is 1. The molecule has 4 N–H and O–H groups in total. The van der Waals surface area contributed by atoms with Crippen molar-refractivity contribution in [1.29, 1.82) is 0 Å². The molecule has 0 bridgehead atoms. The van der Waals surface area contributed by atoms with Gasteiger partial charge in [-0.15, -0.1) is 0 Å². The molecule has 4 aromatic rings. The van der Waals surface area contributed by atoms with Crippen molar-refractivity contribution in [2.24, 2.45) is 0 Å². The minimum atomic E-state index is -3.69. The number of fused-ring (bicyclic) bond motifs is 2. The summed E-state index contributed by atoms with van der Waals surface area (Å²) in [6, 6.07) is 6.91. The Kier molecular flexibility index (Phi) is 8.18. The van der Waals surface area contributed by atoms with E-state index in [9.17, 15) is 32.7 Å². The lowest BCUT2D eigenvalue weighted by atomic mass is 9.96. The SMILES string of the molecule is CS(=O)(=O)c1ncc(C(=O)NC[C@H](NC(=O)c2c(Cl)cc3c(c2Cl)CCN(C(=O)c2ccc4ccoc4c2)C3)C(=O)O)[nH]1. The van der Waals surface area contributed by atoms with Crippen LogP contribution in [0, 0.1) is 0 Å². The lowest BCUT2D eigenvalue weighted by molar-refractivity contribution is -0.139. The van der Waals surface area contributed by atoms with E-state index in [1.54, 1.807) is 35.4 Å². The van der Waals surface area contributed by atoms with E-state index < -0.39 is 45.4 Å². The average Bonchev–Trinajstić information content (AvgIpc) is 3.64. The number of nitrogens with zero attached hydrogens (tertiary/aromatic N) is 2. The van der Waals surface area contributed by atoms with Crippen LogP contribution in [0.15, 0.2) is 52.4 Å². The maximum atomic E-state index is 13.2. The van der Waals surface area contributed by atoms with Gasteiger partial charge in [0, 0.05) is 36.8 Å². The zero-order valence-electron chi connectivity index (χ0n) is 22.3. The van der Waals surface area contributed by atoms with Crippen molar-refractivity contribution in [3.63, 3.8) is 0 Å². The maximum absolute atomic E-state index is 13.2. The van der Waals surface area contributed by atoms with Crippen LogP contribution in [0.25, 0.3) is 11.0 Å². The molecule has 1 aliphatic rings. The lowest BCUT2D eigenvalue weighted by Crippen LogP contribution is -2.48. The van der Waals surface area contributed by atoms with Gasteiger partial charge in [0.1, 0.15) is 17.3 Å². The zero-order chi connectivity index (χ0) is 31.1. The van der Waals surface area contributed by atoms with E-state index in [1.807, 2.05) is 0 Å². The Hall–Kier alpha value is -4.40. The van der Waals surface area contributed by atoms with Gasteiger partial charge >= 0.3 is 5.97 Å². The molecule has 224 valence electrons. The van der Waals surface area contributed by atoms with Crippen LogP contribution in [-0.2, 0) is 27.6 Å². The van der Waals surface area contributed by atoms with E-state index >= 15 is 0 Å². The van der Waals surface area contributed by atoms with Crippen molar-refractivity contribution in [3.05, 3.63) is 80.8 Å². The normalized spacial score (nSPS) is 13.8. The second-order valence-corrected chi connectivity index (χ2v) is 12.5. The van der Waals surface area contributed by atoms with Crippen molar-refractivity contribution in [1.82, 2.24) is 25.5 Å². The first-order valence-electron chi connectivity index (χ1n) is 12.7. The maximum Gasteiger partial charge on any atom is 0.328 e. The van der Waals surface area contributed by atoms with Crippen molar-refractivity contribution in [3.8, 4) is 0 Å². The third kappa shape index (κ3) is 6.21. The molecule has 0 aliphatic carbocycles. The number of carboxylic acid groups (broad SMARTS) is 1. The predicted octanol–water partition coefficient (Wildman–Crippen LogP) is 2.68. The summed E-state index contributed by atoms with van der Waals surface area (Å²) in [5.74, 6) is -3.39. The van der Waals surface area contributed by atoms with Gasteiger partial charge in [0.25, 0.3) is 17.7 Å². The van der Waals surface area contributed by atoms with Gasteiger partial charge in [0.15, 0.2) is 0 Å². The molecule has 0 saturated carbocycles. The highest BCUT2D eigenvalue weighted by atomic mass is 35.5. The highest BCUT2D eigenvalue weighted by Crippen LogP contribution is 2.35. The first-order chi connectivity index (χ1) is 20.3. The van der Waals surface area contributed by atoms with Gasteiger partial charge in [-0.3, -0.25) is 14.4 Å². The summed E-state index contributed by atoms with van der Waals surface area (Å²) < 4.78 is 28.5. The van der Waals surface area contributed by atoms with Crippen molar-refractivity contribution in [2.75, 3.05) is 19.3 Å². The fraction of sp³-hybridized carbons (Fsp3) is 0.222. The number of nitrogens with one attached hydrogen (secondary N) is 3. The number of sulfone groups is 1. The summed E-state index contributed by atoms with van der Waals surface area (Å²) in [6.45, 7) is -0.0544. The van der Waals surface area contributed by atoms with E-state index in [4.69, 9.17) is 27.6 Å². The van der Waals surface area contributed by atoms with Gasteiger partial charge in [-0.2, -0.15) is 0 Å². The molecule has 0 spiro atoms. The Morgan fingerprint density at radius 2 is 1.93 bits per heavy atom. The molecule has 1 atom stereocenters. The third-order valence-electron chi connectivity index (χ3n) is 6.84. The topological polar surface area (TPSA) is 192 Å². The number of aliphatic carboxylic acids is 1. The molecular weight excluding hydrogens is 625 g/mol. The predicted molar refractivity (Wildman–Crippen MR) is 154 cm³/mol. The van der Waals surface area contributed by atoms with Gasteiger partial charge in [0.2, 0.25) is 15.0 Å². The van der Waals surface area contributed by atoms with Gasteiger partial charge in [-0.05, 0) is 41.8 Å². The fourth-order valence-electron chi connectivity index (χ4n) is 4.63. The summed E-state index contributed by atoms with van der Waals surface area (Å²) >= 11 is 13.0. The van der Waals surface area contributed by atoms with Crippen LogP contribution in [0.1, 0.15) is 42.3 Å². The lowest BCUT2D eigenvalue weighted by Gasteiger charge is -2.30. The van der Waals surface area contributed by atoms with Crippen molar-refractivity contribution < 1.29 is 37.1 Å². The Balaban J connectivity index is 1.28. The molecule has 2 aromatic carbocycles. The minimum absolute atomic E-state index is 0.0306. The standard InChI is InChI=1S/C27H23Cl2N5O8S/c1-43(40,41)27-31-10-18(33-27)23(35)30-11-19(26(38)39)32-24(36)21-17(28)8-15-12-34(6-4-16(15)22(21)29)25(37)14-3-2-13-5-7-42-20(13)9-14/h2-3,5,7-10,19H,4,6,11-12H2,1H3,(H,30,35)(H,31,33)(H,32,36)(H,38,39)/t19-/m0/s1. The molecule has 2 aromatic heterocycles. The Labute approximate surface area is 254 Å². The highest BCUT2D eigenvalue weighted by Gasteiger charge is 2.30. The molecule has 43 heavy (non-hydrogen) atoms. The third-order valence-corrected chi connectivity index (χ3v) is 8.47. The molecule has 0 unspecified atom stereocenters. The van der Waals surface area contributed by atoms with E-state index in [0.29, 0.717) is 35.2 Å². The van der Waals surface area contributed by atoms with Crippen LogP contribution < -0.4 is 10.6 Å². The number of aromatic nitrogens is 2. The van der Waals surface area contributed by atoms with Crippen molar-refractivity contribution >= 4 is 67.7 Å². The monoisotopic (exact) mass is 647 g/mol. The summed E-state index contributed by atoms with van der Waals surface area (Å²) in [5, 5.41) is 14.7. The molecule has 3 heterocycles. The molecule has 0 fully saturated rings. The number of furan rings is 1. The number of carbonyl (C=O) groups is 4. The second-order valence-electron chi connectivity index (χ2n) is 9.78. The summed E-state index contributed by atoms with van der Waals surface area (Å²) in [4.78, 5) is 58.1. The zero-order valence-corrected chi connectivity index (χ0v) is 24.6. The van der Waals surface area contributed by atoms with Crippen LogP contribution in [0.4, 0.5) is 0 Å². The number of rotatable bonds is 8. The first-order valence-corrected chi connectivity index (χ1v) is 15.3. The number of carboxylic acids is 1. The average molecular weight is 648 g/mol. The molecule has 0 saturated heterocycles. The van der Waals surface area contributed by atoms with E-state index in [2.05, 4.69) is 20.6 Å². The molecule has 0 radical (unpaired) electrons. The second kappa shape index (κ2) is 11.7. The number of imidazole rings is 1. The quantitative estimate of drug-likeness (QED) is 0.222. The molecule has 5 rings (SSSR count). The number of hydrogen-bond acceptors (Lipinski definition) is 8. The fourth-order valence-corrected chi connectivity index (χ4v) is 5.93. The summed E-state index contributed by atoms with van der Waals surface area (Å²) in [6.07, 6.45) is 3.75. The van der Waals surface area contributed by atoms with Gasteiger partial charge in [0.05, 0.1) is 28.1 Å². The van der Waals surface area contributed by atoms with Crippen LogP contribution in [0.5, 0.6) is 0 Å². The number of halogens is 2. The van der Waals surface area contributed by atoms with Gasteiger partial charge in [-0.25, -0.2) is 18.2 Å². The van der Waals surface area contributed by atoms with E-state index in [-0.39, 0.29) is 33.8 Å². The van der Waals surface area contributed by atoms with Crippen molar-refractivity contribution in [2.45, 2.75) is 24.2 Å². The molecule has 16 heteroatoms. The van der Waals surface area contributed by atoms with Crippen LogP contribution in [-0.4, -0.2) is 77.5 Å². The summed E-state index contributed by atoms with van der Waals surface area (Å²) in [7, 11) is -3.69. The smallest absolute Gasteiger partial charge is 0.328 e.